The monoisotopic (exact) mass is 275 g/mol. The zero-order chi connectivity index (χ0) is 13.6. The molecule has 4 heteroatoms. The van der Waals surface area contributed by atoms with E-state index in [-0.39, 0.29) is 17.0 Å². The lowest BCUT2D eigenvalue weighted by molar-refractivity contribution is 0.280. The van der Waals surface area contributed by atoms with Gasteiger partial charge in [0.25, 0.3) is 0 Å². The third-order valence-electron chi connectivity index (χ3n) is 4.12. The third kappa shape index (κ3) is 4.23. The molecule has 0 aromatic heterocycles. The van der Waals surface area contributed by atoms with Gasteiger partial charge >= 0.3 is 0 Å². The molecule has 108 valence electrons. The zero-order valence-corrected chi connectivity index (χ0v) is 12.9. The minimum Gasteiger partial charge on any atom is -0.313 e. The van der Waals surface area contributed by atoms with Crippen molar-refractivity contribution in [2.45, 2.75) is 70.6 Å². The molecule has 0 aromatic carbocycles. The largest absolute Gasteiger partial charge is 0.313 e. The molecule has 1 N–H and O–H groups in total. The van der Waals surface area contributed by atoms with Crippen molar-refractivity contribution in [1.82, 2.24) is 5.32 Å². The Balaban J connectivity index is 2.73. The van der Waals surface area contributed by atoms with Gasteiger partial charge in [-0.15, -0.1) is 0 Å². The lowest BCUT2D eigenvalue weighted by atomic mass is 9.83. The summed E-state index contributed by atoms with van der Waals surface area (Å²) in [5.41, 5.74) is 0. The van der Waals surface area contributed by atoms with Crippen molar-refractivity contribution in [1.29, 1.82) is 0 Å². The highest BCUT2D eigenvalue weighted by Crippen LogP contribution is 2.32. The van der Waals surface area contributed by atoms with E-state index in [1.807, 2.05) is 0 Å². The van der Waals surface area contributed by atoms with Crippen molar-refractivity contribution in [2.75, 3.05) is 12.3 Å². The van der Waals surface area contributed by atoms with E-state index in [0.717, 1.165) is 32.2 Å². The minimum atomic E-state index is -2.91. The van der Waals surface area contributed by atoms with E-state index < -0.39 is 9.84 Å². The predicted octanol–water partition coefficient (Wildman–Crippen LogP) is 2.76. The first kappa shape index (κ1) is 16.0. The van der Waals surface area contributed by atoms with Crippen LogP contribution in [0.1, 0.15) is 59.3 Å². The van der Waals surface area contributed by atoms with Crippen molar-refractivity contribution in [2.24, 2.45) is 5.92 Å². The van der Waals surface area contributed by atoms with Crippen LogP contribution in [-0.2, 0) is 9.84 Å². The molecule has 3 atom stereocenters. The molecule has 1 aliphatic carbocycles. The molecule has 1 saturated carbocycles. The van der Waals surface area contributed by atoms with Crippen LogP contribution in [0.5, 0.6) is 0 Å². The molecule has 0 amide bonds. The molecule has 0 saturated heterocycles. The van der Waals surface area contributed by atoms with Crippen LogP contribution < -0.4 is 5.32 Å². The average molecular weight is 275 g/mol. The van der Waals surface area contributed by atoms with E-state index in [0.29, 0.717) is 5.92 Å². The molecule has 0 radical (unpaired) electrons. The van der Waals surface area contributed by atoms with Gasteiger partial charge in [0.2, 0.25) is 0 Å². The lowest BCUT2D eigenvalue weighted by Gasteiger charge is -2.36. The molecule has 1 fully saturated rings. The Kier molecular flexibility index (Phi) is 6.64. The zero-order valence-electron chi connectivity index (χ0n) is 12.1. The van der Waals surface area contributed by atoms with Gasteiger partial charge in [-0.05, 0) is 38.1 Å². The lowest BCUT2D eigenvalue weighted by Crippen LogP contribution is -2.48. The first-order valence-corrected chi connectivity index (χ1v) is 9.21. The average Bonchev–Trinajstić information content (AvgIpc) is 2.37. The van der Waals surface area contributed by atoms with E-state index in [1.54, 1.807) is 6.92 Å². The molecule has 1 rings (SSSR count). The van der Waals surface area contributed by atoms with Gasteiger partial charge in [0.05, 0.1) is 5.25 Å². The molecule has 0 bridgehead atoms. The second kappa shape index (κ2) is 7.49. The Labute approximate surface area is 113 Å². The summed E-state index contributed by atoms with van der Waals surface area (Å²) in [6.45, 7) is 7.01. The first-order chi connectivity index (χ1) is 8.55. The molecule has 3 unspecified atom stereocenters. The predicted molar refractivity (Wildman–Crippen MR) is 77.6 cm³/mol. The first-order valence-electron chi connectivity index (χ1n) is 7.50. The molecule has 0 heterocycles. The third-order valence-corrected chi connectivity index (χ3v) is 6.37. The van der Waals surface area contributed by atoms with Crippen LogP contribution in [0.3, 0.4) is 0 Å². The van der Waals surface area contributed by atoms with E-state index in [1.165, 1.54) is 12.8 Å². The summed E-state index contributed by atoms with van der Waals surface area (Å²) in [4.78, 5) is 0. The maximum atomic E-state index is 12.2. The van der Waals surface area contributed by atoms with Crippen LogP contribution in [0.25, 0.3) is 0 Å². The van der Waals surface area contributed by atoms with Gasteiger partial charge in [0, 0.05) is 11.8 Å². The molecule has 1 aliphatic rings. The van der Waals surface area contributed by atoms with Crippen LogP contribution in [0.2, 0.25) is 0 Å². The van der Waals surface area contributed by atoms with Crippen LogP contribution in [-0.4, -0.2) is 32.0 Å². The summed E-state index contributed by atoms with van der Waals surface area (Å²) in [7, 11) is -2.91. The molecular weight excluding hydrogens is 246 g/mol. The van der Waals surface area contributed by atoms with Gasteiger partial charge in [-0.1, -0.05) is 33.6 Å². The van der Waals surface area contributed by atoms with E-state index >= 15 is 0 Å². The summed E-state index contributed by atoms with van der Waals surface area (Å²) in [5, 5.41) is 3.29. The maximum Gasteiger partial charge on any atom is 0.154 e. The van der Waals surface area contributed by atoms with Gasteiger partial charge in [-0.2, -0.15) is 0 Å². The second-order valence-electron chi connectivity index (χ2n) is 5.52. The van der Waals surface area contributed by atoms with Crippen molar-refractivity contribution < 1.29 is 8.42 Å². The smallest absolute Gasteiger partial charge is 0.154 e. The quantitative estimate of drug-likeness (QED) is 0.777. The van der Waals surface area contributed by atoms with Crippen LogP contribution in [0.4, 0.5) is 0 Å². The van der Waals surface area contributed by atoms with Crippen LogP contribution in [0.15, 0.2) is 0 Å². The number of hydrogen-bond donors (Lipinski definition) is 1. The normalized spacial score (nSPS) is 29.4. The van der Waals surface area contributed by atoms with Gasteiger partial charge < -0.3 is 5.32 Å². The van der Waals surface area contributed by atoms with E-state index in [2.05, 4.69) is 19.2 Å². The number of sulfone groups is 1. The highest BCUT2D eigenvalue weighted by atomic mass is 32.2. The number of rotatable bonds is 7. The second-order valence-corrected chi connectivity index (χ2v) is 8.03. The van der Waals surface area contributed by atoms with Crippen molar-refractivity contribution in [3.05, 3.63) is 0 Å². The van der Waals surface area contributed by atoms with E-state index in [9.17, 15) is 8.42 Å². The molecule has 0 spiro atoms. The van der Waals surface area contributed by atoms with Gasteiger partial charge in [0.15, 0.2) is 9.84 Å². The Hall–Kier alpha value is -0.0900. The number of hydrogen-bond acceptors (Lipinski definition) is 3. The van der Waals surface area contributed by atoms with Crippen LogP contribution >= 0.6 is 0 Å². The molecule has 0 aromatic rings. The maximum absolute atomic E-state index is 12.2. The van der Waals surface area contributed by atoms with Crippen molar-refractivity contribution in [3.8, 4) is 0 Å². The summed E-state index contributed by atoms with van der Waals surface area (Å²) < 4.78 is 24.5. The topological polar surface area (TPSA) is 46.2 Å². The highest BCUT2D eigenvalue weighted by molar-refractivity contribution is 7.92. The molecular formula is C14H29NO2S. The van der Waals surface area contributed by atoms with Gasteiger partial charge in [0.1, 0.15) is 0 Å². The minimum absolute atomic E-state index is 0.153. The van der Waals surface area contributed by atoms with Crippen molar-refractivity contribution in [3.63, 3.8) is 0 Å². The summed E-state index contributed by atoms with van der Waals surface area (Å²) in [5.74, 6) is 0.891. The number of nitrogens with one attached hydrogen (secondary N) is 1. The SMILES string of the molecule is CCCNC1CCC(CCC)CC1S(=O)(=O)CC. The molecule has 18 heavy (non-hydrogen) atoms. The summed E-state index contributed by atoms with van der Waals surface area (Å²) >= 11 is 0. The summed E-state index contributed by atoms with van der Waals surface area (Å²) in [6, 6.07) is 0.183. The Morgan fingerprint density at radius 2 is 1.83 bits per heavy atom. The van der Waals surface area contributed by atoms with Crippen molar-refractivity contribution >= 4 is 9.84 Å². The van der Waals surface area contributed by atoms with E-state index in [4.69, 9.17) is 0 Å². The van der Waals surface area contributed by atoms with Gasteiger partial charge in [-0.3, -0.25) is 0 Å². The standard InChI is InChI=1S/C14H29NO2S/c1-4-7-12-8-9-13(15-10-5-2)14(11-12)18(16,17)6-3/h12-15H,4-11H2,1-3H3. The molecule has 0 aliphatic heterocycles. The van der Waals surface area contributed by atoms with Crippen LogP contribution in [0, 0.1) is 5.92 Å². The fourth-order valence-electron chi connectivity index (χ4n) is 3.06. The Morgan fingerprint density at radius 3 is 2.39 bits per heavy atom. The highest BCUT2D eigenvalue weighted by Gasteiger charge is 2.37. The summed E-state index contributed by atoms with van der Waals surface area (Å²) in [6.07, 6.45) is 6.48. The fraction of sp³-hybridized carbons (Fsp3) is 1.00. The molecule has 3 nitrogen and oxygen atoms in total. The Bertz CT molecular complexity index is 327. The fourth-order valence-corrected chi connectivity index (χ4v) is 4.78. The Morgan fingerprint density at radius 1 is 1.11 bits per heavy atom. The van der Waals surface area contributed by atoms with Gasteiger partial charge in [-0.25, -0.2) is 8.42 Å².